The number of benzene rings is 2. The molecule has 0 aliphatic heterocycles. The van der Waals surface area contributed by atoms with E-state index in [9.17, 15) is 4.79 Å². The van der Waals surface area contributed by atoms with Gasteiger partial charge in [-0.15, -0.1) is 0 Å². The quantitative estimate of drug-likeness (QED) is 0.599. The van der Waals surface area contributed by atoms with Crippen molar-refractivity contribution in [1.82, 2.24) is 0 Å². The molecule has 0 heterocycles. The van der Waals surface area contributed by atoms with Gasteiger partial charge in [0.2, 0.25) is 11.5 Å². The number of hydrogen-bond acceptors (Lipinski definition) is 6. The van der Waals surface area contributed by atoms with Gasteiger partial charge in [-0.25, -0.2) is 0 Å². The van der Waals surface area contributed by atoms with Crippen LogP contribution in [0.25, 0.3) is 0 Å². The van der Waals surface area contributed by atoms with Crippen molar-refractivity contribution in [2.24, 2.45) is 0 Å². The van der Waals surface area contributed by atoms with Crippen LogP contribution in [0.1, 0.15) is 27.0 Å². The van der Waals surface area contributed by atoms with E-state index in [-0.39, 0.29) is 5.78 Å². The summed E-state index contributed by atoms with van der Waals surface area (Å²) in [7, 11) is 7.54. The Bertz CT molecular complexity index is 876. The van der Waals surface area contributed by atoms with E-state index >= 15 is 0 Å². The van der Waals surface area contributed by atoms with Gasteiger partial charge in [0.05, 0.1) is 46.7 Å². The molecule has 2 rings (SSSR count). The molecule has 0 spiro atoms. The van der Waals surface area contributed by atoms with Crippen molar-refractivity contribution in [3.05, 3.63) is 38.9 Å². The van der Waals surface area contributed by atoms with Crippen LogP contribution in [0.15, 0.2) is 16.6 Å². The van der Waals surface area contributed by atoms with E-state index in [0.29, 0.717) is 45.4 Å². The molecule has 0 fully saturated rings. The maximum atomic E-state index is 13.6. The van der Waals surface area contributed by atoms with E-state index in [4.69, 9.17) is 23.7 Å². The zero-order valence-electron chi connectivity index (χ0n) is 16.5. The predicted octanol–water partition coefficient (Wildman–Crippen LogP) is 4.34. The third kappa shape index (κ3) is 3.56. The SMILES string of the molecule is COc1cc(C)c(C(=O)c2c(C)c(Br)cc(OC)c2OC)c(OC)c1OC. The minimum absolute atomic E-state index is 0.265. The first-order valence-corrected chi connectivity index (χ1v) is 8.90. The number of hydrogen-bond donors (Lipinski definition) is 0. The molecule has 7 heteroatoms. The topological polar surface area (TPSA) is 63.2 Å². The third-order valence-corrected chi connectivity index (χ3v) is 5.17. The lowest BCUT2D eigenvalue weighted by molar-refractivity contribution is 0.103. The highest BCUT2D eigenvalue weighted by molar-refractivity contribution is 9.10. The molecule has 0 unspecified atom stereocenters. The molecule has 146 valence electrons. The van der Waals surface area contributed by atoms with Crippen LogP contribution >= 0.6 is 15.9 Å². The summed E-state index contributed by atoms with van der Waals surface area (Å²) in [5.41, 5.74) is 2.18. The van der Waals surface area contributed by atoms with Crippen molar-refractivity contribution in [2.45, 2.75) is 13.8 Å². The molecule has 6 nitrogen and oxygen atoms in total. The van der Waals surface area contributed by atoms with Crippen LogP contribution in [0.5, 0.6) is 28.7 Å². The van der Waals surface area contributed by atoms with Crippen LogP contribution in [0.4, 0.5) is 0 Å². The van der Waals surface area contributed by atoms with E-state index < -0.39 is 0 Å². The minimum atomic E-state index is -0.265. The molecule has 0 amide bonds. The van der Waals surface area contributed by atoms with E-state index in [2.05, 4.69) is 15.9 Å². The molecular formula is C20H23BrO6. The summed E-state index contributed by atoms with van der Waals surface area (Å²) >= 11 is 3.48. The van der Waals surface area contributed by atoms with E-state index in [1.807, 2.05) is 13.8 Å². The van der Waals surface area contributed by atoms with Crippen LogP contribution in [0.3, 0.4) is 0 Å². The first kappa shape index (κ1) is 20.9. The molecular weight excluding hydrogens is 416 g/mol. The van der Waals surface area contributed by atoms with Gasteiger partial charge in [-0.1, -0.05) is 15.9 Å². The lowest BCUT2D eigenvalue weighted by atomic mass is 9.93. The average molecular weight is 439 g/mol. The first-order valence-electron chi connectivity index (χ1n) is 8.11. The van der Waals surface area contributed by atoms with Gasteiger partial charge in [0.15, 0.2) is 23.0 Å². The molecule has 2 aromatic rings. The molecule has 27 heavy (non-hydrogen) atoms. The summed E-state index contributed by atoms with van der Waals surface area (Å²) in [6.07, 6.45) is 0. The summed E-state index contributed by atoms with van der Waals surface area (Å²) in [5, 5.41) is 0. The van der Waals surface area contributed by atoms with Crippen molar-refractivity contribution < 1.29 is 28.5 Å². The Balaban J connectivity index is 2.86. The molecule has 0 aliphatic carbocycles. The summed E-state index contributed by atoms with van der Waals surface area (Å²) < 4.78 is 27.9. The summed E-state index contributed by atoms with van der Waals surface area (Å²) in [6, 6.07) is 3.51. The van der Waals surface area contributed by atoms with Crippen LogP contribution in [-0.4, -0.2) is 41.3 Å². The predicted molar refractivity (Wildman–Crippen MR) is 106 cm³/mol. The lowest BCUT2D eigenvalue weighted by Gasteiger charge is -2.20. The zero-order chi connectivity index (χ0) is 20.3. The average Bonchev–Trinajstić information content (AvgIpc) is 2.67. The summed E-state index contributed by atoms with van der Waals surface area (Å²) in [6.45, 7) is 3.65. The number of halogens is 1. The minimum Gasteiger partial charge on any atom is -0.493 e. The van der Waals surface area contributed by atoms with Gasteiger partial charge in [0, 0.05) is 4.47 Å². The molecule has 2 aromatic carbocycles. The number of rotatable bonds is 7. The van der Waals surface area contributed by atoms with Crippen molar-refractivity contribution in [2.75, 3.05) is 35.5 Å². The van der Waals surface area contributed by atoms with E-state index in [1.165, 1.54) is 35.5 Å². The smallest absolute Gasteiger partial charge is 0.204 e. The zero-order valence-corrected chi connectivity index (χ0v) is 18.1. The fourth-order valence-electron chi connectivity index (χ4n) is 3.02. The van der Waals surface area contributed by atoms with Crippen molar-refractivity contribution in [3.8, 4) is 28.7 Å². The second kappa shape index (κ2) is 8.52. The third-order valence-electron chi connectivity index (χ3n) is 4.35. The molecule has 0 saturated heterocycles. The van der Waals surface area contributed by atoms with Crippen LogP contribution in [-0.2, 0) is 0 Å². The highest BCUT2D eigenvalue weighted by Gasteiger charge is 2.29. The molecule has 0 bridgehead atoms. The van der Waals surface area contributed by atoms with Crippen LogP contribution in [0, 0.1) is 13.8 Å². The number of carbonyl (C=O) groups is 1. The summed E-state index contributed by atoms with van der Waals surface area (Å²) in [4.78, 5) is 13.6. The number of methoxy groups -OCH3 is 5. The molecule has 0 aromatic heterocycles. The van der Waals surface area contributed by atoms with Gasteiger partial charge >= 0.3 is 0 Å². The van der Waals surface area contributed by atoms with Crippen molar-refractivity contribution in [1.29, 1.82) is 0 Å². The lowest BCUT2D eigenvalue weighted by Crippen LogP contribution is -2.12. The fourth-order valence-corrected chi connectivity index (χ4v) is 3.42. The van der Waals surface area contributed by atoms with E-state index in [0.717, 1.165) is 10.0 Å². The number of carbonyl (C=O) groups excluding carboxylic acids is 1. The van der Waals surface area contributed by atoms with Crippen LogP contribution in [0.2, 0.25) is 0 Å². The number of aryl methyl sites for hydroxylation is 1. The number of ketones is 1. The largest absolute Gasteiger partial charge is 0.493 e. The molecule has 0 N–H and O–H groups in total. The summed E-state index contributed by atoms with van der Waals surface area (Å²) in [5.74, 6) is 1.69. The van der Waals surface area contributed by atoms with Crippen molar-refractivity contribution >= 4 is 21.7 Å². The van der Waals surface area contributed by atoms with Gasteiger partial charge in [-0.05, 0) is 37.1 Å². The highest BCUT2D eigenvalue weighted by atomic mass is 79.9. The maximum Gasteiger partial charge on any atom is 0.204 e. The van der Waals surface area contributed by atoms with Gasteiger partial charge in [-0.2, -0.15) is 0 Å². The Morgan fingerprint density at radius 3 is 1.74 bits per heavy atom. The normalized spacial score (nSPS) is 10.4. The van der Waals surface area contributed by atoms with Crippen LogP contribution < -0.4 is 23.7 Å². The van der Waals surface area contributed by atoms with Gasteiger partial charge < -0.3 is 23.7 Å². The van der Waals surface area contributed by atoms with Crippen molar-refractivity contribution in [3.63, 3.8) is 0 Å². The van der Waals surface area contributed by atoms with E-state index in [1.54, 1.807) is 12.1 Å². The highest BCUT2D eigenvalue weighted by Crippen LogP contribution is 2.45. The van der Waals surface area contributed by atoms with Gasteiger partial charge in [0.25, 0.3) is 0 Å². The molecule has 0 atom stereocenters. The Labute approximate surface area is 167 Å². The molecule has 0 radical (unpaired) electrons. The second-order valence-corrected chi connectivity index (χ2v) is 6.61. The molecule has 0 saturated carbocycles. The second-order valence-electron chi connectivity index (χ2n) is 5.76. The monoisotopic (exact) mass is 438 g/mol. The Hall–Kier alpha value is -2.41. The van der Waals surface area contributed by atoms with Gasteiger partial charge in [-0.3, -0.25) is 4.79 Å². The Morgan fingerprint density at radius 1 is 0.741 bits per heavy atom. The Kier molecular flexibility index (Phi) is 6.59. The fraction of sp³-hybridized carbons (Fsp3) is 0.350. The molecule has 0 aliphatic rings. The maximum absolute atomic E-state index is 13.6. The Morgan fingerprint density at radius 2 is 1.26 bits per heavy atom. The number of ether oxygens (including phenoxy) is 5. The first-order chi connectivity index (χ1) is 12.9. The van der Waals surface area contributed by atoms with Gasteiger partial charge in [0.1, 0.15) is 0 Å². The standard InChI is InChI=1S/C20H23BrO6/c1-10-8-13(23-3)19(26-6)20(27-7)15(10)17(22)16-11(2)12(21)9-14(24-4)18(16)25-5/h8-9H,1-7H3.